The third kappa shape index (κ3) is 2.68. The molecule has 112 valence electrons. The zero-order chi connectivity index (χ0) is 14.8. The first-order valence-corrected chi connectivity index (χ1v) is 7.70. The molecule has 3 rings (SSSR count). The third-order valence-corrected chi connectivity index (χ3v) is 3.98. The van der Waals surface area contributed by atoms with Crippen LogP contribution < -0.4 is 5.73 Å². The maximum Gasteiger partial charge on any atom is 0.132 e. The van der Waals surface area contributed by atoms with E-state index >= 15 is 0 Å². The average molecular weight is 285 g/mol. The SMILES string of the molecule is CCCc1nc(-c2ccccc2COC)c(N)n1C1CC1. The lowest BCUT2D eigenvalue weighted by molar-refractivity contribution is 0.185. The van der Waals surface area contributed by atoms with Gasteiger partial charge in [-0.15, -0.1) is 0 Å². The Morgan fingerprint density at radius 1 is 1.33 bits per heavy atom. The molecule has 0 atom stereocenters. The zero-order valence-corrected chi connectivity index (χ0v) is 12.8. The number of hydrogen-bond donors (Lipinski definition) is 1. The fourth-order valence-electron chi connectivity index (χ4n) is 2.86. The monoisotopic (exact) mass is 285 g/mol. The first-order chi connectivity index (χ1) is 10.3. The molecule has 4 heteroatoms. The van der Waals surface area contributed by atoms with E-state index in [0.29, 0.717) is 12.6 Å². The molecule has 1 aliphatic carbocycles. The second-order valence-corrected chi connectivity index (χ2v) is 5.70. The van der Waals surface area contributed by atoms with Crippen molar-refractivity contribution in [3.05, 3.63) is 35.7 Å². The van der Waals surface area contributed by atoms with E-state index in [2.05, 4.69) is 23.6 Å². The summed E-state index contributed by atoms with van der Waals surface area (Å²) < 4.78 is 7.55. The molecule has 1 saturated carbocycles. The van der Waals surface area contributed by atoms with Gasteiger partial charge in [-0.3, -0.25) is 0 Å². The van der Waals surface area contributed by atoms with Crippen molar-refractivity contribution in [3.63, 3.8) is 0 Å². The van der Waals surface area contributed by atoms with Crippen LogP contribution in [-0.2, 0) is 17.8 Å². The van der Waals surface area contributed by atoms with Crippen LogP contribution in [0, 0.1) is 0 Å². The van der Waals surface area contributed by atoms with Gasteiger partial charge in [-0.05, 0) is 24.8 Å². The van der Waals surface area contributed by atoms with Crippen LogP contribution in [0.3, 0.4) is 0 Å². The average Bonchev–Trinajstić information content (AvgIpc) is 3.26. The molecule has 2 N–H and O–H groups in total. The largest absolute Gasteiger partial charge is 0.383 e. The van der Waals surface area contributed by atoms with E-state index in [1.807, 2.05) is 12.1 Å². The van der Waals surface area contributed by atoms with Crippen LogP contribution in [0.1, 0.15) is 43.6 Å². The van der Waals surface area contributed by atoms with Crippen LogP contribution in [0.15, 0.2) is 24.3 Å². The van der Waals surface area contributed by atoms with Crippen molar-refractivity contribution in [3.8, 4) is 11.3 Å². The number of aryl methyl sites for hydroxylation is 1. The van der Waals surface area contributed by atoms with Crippen LogP contribution in [0.25, 0.3) is 11.3 Å². The van der Waals surface area contributed by atoms with Crippen molar-refractivity contribution < 1.29 is 4.74 Å². The van der Waals surface area contributed by atoms with E-state index < -0.39 is 0 Å². The van der Waals surface area contributed by atoms with Crippen molar-refractivity contribution in [2.45, 2.75) is 45.3 Å². The number of hydrogen-bond acceptors (Lipinski definition) is 3. The van der Waals surface area contributed by atoms with Gasteiger partial charge in [-0.25, -0.2) is 4.98 Å². The van der Waals surface area contributed by atoms with E-state index in [0.717, 1.165) is 41.3 Å². The van der Waals surface area contributed by atoms with Gasteiger partial charge in [0.15, 0.2) is 0 Å². The molecule has 0 amide bonds. The first-order valence-electron chi connectivity index (χ1n) is 7.70. The van der Waals surface area contributed by atoms with Crippen LogP contribution in [-0.4, -0.2) is 16.7 Å². The number of imidazole rings is 1. The van der Waals surface area contributed by atoms with Gasteiger partial charge < -0.3 is 15.0 Å². The predicted octanol–water partition coefficient (Wildman–Crippen LogP) is 3.57. The summed E-state index contributed by atoms with van der Waals surface area (Å²) in [6.45, 7) is 2.76. The fourth-order valence-corrected chi connectivity index (χ4v) is 2.86. The van der Waals surface area contributed by atoms with Crippen molar-refractivity contribution in [1.82, 2.24) is 9.55 Å². The maximum atomic E-state index is 6.43. The zero-order valence-electron chi connectivity index (χ0n) is 12.8. The lowest BCUT2D eigenvalue weighted by atomic mass is 10.1. The number of anilines is 1. The van der Waals surface area contributed by atoms with Crippen molar-refractivity contribution in [2.24, 2.45) is 0 Å². The van der Waals surface area contributed by atoms with Gasteiger partial charge in [-0.2, -0.15) is 0 Å². The van der Waals surface area contributed by atoms with Crippen molar-refractivity contribution in [2.75, 3.05) is 12.8 Å². The number of aromatic nitrogens is 2. The predicted molar refractivity (Wildman–Crippen MR) is 85.1 cm³/mol. The lowest BCUT2D eigenvalue weighted by Gasteiger charge is -2.09. The van der Waals surface area contributed by atoms with Crippen LogP contribution >= 0.6 is 0 Å². The van der Waals surface area contributed by atoms with E-state index in [4.69, 9.17) is 15.5 Å². The molecule has 0 radical (unpaired) electrons. The summed E-state index contributed by atoms with van der Waals surface area (Å²) in [4.78, 5) is 4.86. The number of ether oxygens (including phenoxy) is 1. The summed E-state index contributed by atoms with van der Waals surface area (Å²) in [6.07, 6.45) is 4.50. The second-order valence-electron chi connectivity index (χ2n) is 5.70. The standard InChI is InChI=1S/C17H23N3O/c1-3-6-15-19-16(17(18)20(15)13-9-10-13)14-8-5-4-7-12(14)11-21-2/h4-5,7-8,13H,3,6,9-11,18H2,1-2H3. The molecule has 2 aromatic rings. The van der Waals surface area contributed by atoms with Gasteiger partial charge in [0.25, 0.3) is 0 Å². The number of rotatable bonds is 6. The smallest absolute Gasteiger partial charge is 0.132 e. The summed E-state index contributed by atoms with van der Waals surface area (Å²) in [7, 11) is 1.71. The number of nitrogens with two attached hydrogens (primary N) is 1. The minimum Gasteiger partial charge on any atom is -0.383 e. The highest BCUT2D eigenvalue weighted by molar-refractivity contribution is 5.74. The molecule has 1 heterocycles. The van der Waals surface area contributed by atoms with Crippen molar-refractivity contribution >= 4 is 5.82 Å². The van der Waals surface area contributed by atoms with E-state index in [9.17, 15) is 0 Å². The Kier molecular flexibility index (Phi) is 3.97. The quantitative estimate of drug-likeness (QED) is 0.882. The van der Waals surface area contributed by atoms with E-state index in [1.54, 1.807) is 7.11 Å². The van der Waals surface area contributed by atoms with Gasteiger partial charge in [-0.1, -0.05) is 31.2 Å². The highest BCUT2D eigenvalue weighted by Gasteiger charge is 2.30. The van der Waals surface area contributed by atoms with Gasteiger partial charge in [0.1, 0.15) is 17.3 Å². The molecule has 1 aliphatic rings. The Morgan fingerprint density at radius 3 is 2.76 bits per heavy atom. The summed E-state index contributed by atoms with van der Waals surface area (Å²) in [5.41, 5.74) is 9.57. The Balaban J connectivity index is 2.08. The number of nitrogens with zero attached hydrogens (tertiary/aromatic N) is 2. The maximum absolute atomic E-state index is 6.43. The molecular weight excluding hydrogens is 262 g/mol. The highest BCUT2D eigenvalue weighted by Crippen LogP contribution is 2.41. The third-order valence-electron chi connectivity index (χ3n) is 3.98. The van der Waals surface area contributed by atoms with Crippen molar-refractivity contribution in [1.29, 1.82) is 0 Å². The summed E-state index contributed by atoms with van der Waals surface area (Å²) in [6, 6.07) is 8.78. The molecular formula is C17H23N3O. The van der Waals surface area contributed by atoms with E-state index in [1.165, 1.54) is 12.8 Å². The molecule has 0 spiro atoms. The molecule has 21 heavy (non-hydrogen) atoms. The van der Waals surface area contributed by atoms with Crippen LogP contribution in [0.2, 0.25) is 0 Å². The molecule has 0 aliphatic heterocycles. The minimum absolute atomic E-state index is 0.558. The van der Waals surface area contributed by atoms with Gasteiger partial charge in [0.2, 0.25) is 0 Å². The van der Waals surface area contributed by atoms with Crippen LogP contribution in [0.4, 0.5) is 5.82 Å². The molecule has 1 aromatic heterocycles. The van der Waals surface area contributed by atoms with E-state index in [-0.39, 0.29) is 0 Å². The number of benzene rings is 1. The molecule has 0 saturated heterocycles. The lowest BCUT2D eigenvalue weighted by Crippen LogP contribution is -2.05. The molecule has 1 fully saturated rings. The van der Waals surface area contributed by atoms with Gasteiger partial charge in [0.05, 0.1) is 6.61 Å². The summed E-state index contributed by atoms with van der Waals surface area (Å²) >= 11 is 0. The number of nitrogen functional groups attached to an aromatic ring is 1. The summed E-state index contributed by atoms with van der Waals surface area (Å²) in [5.74, 6) is 1.93. The molecule has 0 unspecified atom stereocenters. The second kappa shape index (κ2) is 5.90. The summed E-state index contributed by atoms with van der Waals surface area (Å²) in [5, 5.41) is 0. The minimum atomic E-state index is 0.558. The Morgan fingerprint density at radius 2 is 2.10 bits per heavy atom. The Hall–Kier alpha value is -1.81. The highest BCUT2D eigenvalue weighted by atomic mass is 16.5. The topological polar surface area (TPSA) is 53.1 Å². The normalized spacial score (nSPS) is 14.6. The van der Waals surface area contributed by atoms with Gasteiger partial charge in [0, 0.05) is 25.1 Å². The molecule has 4 nitrogen and oxygen atoms in total. The van der Waals surface area contributed by atoms with Crippen LogP contribution in [0.5, 0.6) is 0 Å². The first kappa shape index (κ1) is 14.1. The Bertz CT molecular complexity index is 629. The molecule has 0 bridgehead atoms. The van der Waals surface area contributed by atoms with Gasteiger partial charge >= 0.3 is 0 Å². The number of methoxy groups -OCH3 is 1. The molecule has 1 aromatic carbocycles. The Labute approximate surface area is 125 Å². The fraction of sp³-hybridized carbons (Fsp3) is 0.471.